The van der Waals surface area contributed by atoms with Crippen molar-refractivity contribution >= 4 is 16.8 Å². The van der Waals surface area contributed by atoms with Crippen molar-refractivity contribution in [2.75, 3.05) is 6.61 Å². The molecule has 0 N–H and O–H groups in total. The highest BCUT2D eigenvalue weighted by Gasteiger charge is 2.24. The van der Waals surface area contributed by atoms with Crippen LogP contribution < -0.4 is 0 Å². The fraction of sp³-hybridized carbons (Fsp3) is 0.889. The van der Waals surface area contributed by atoms with Gasteiger partial charge in [-0.3, -0.25) is 4.79 Å². The van der Waals surface area contributed by atoms with Crippen LogP contribution in [0.15, 0.2) is 0 Å². The van der Waals surface area contributed by atoms with Crippen LogP contribution in [0.5, 0.6) is 0 Å². The minimum atomic E-state index is -0.176. The molecule has 0 aromatic heterocycles. The predicted molar refractivity (Wildman–Crippen MR) is 48.2 cm³/mol. The third-order valence-electron chi connectivity index (χ3n) is 2.40. The van der Waals surface area contributed by atoms with Crippen LogP contribution in [0.4, 0.5) is 0 Å². The van der Waals surface area contributed by atoms with Gasteiger partial charge in [0.25, 0.3) is 0 Å². The summed E-state index contributed by atoms with van der Waals surface area (Å²) in [6.45, 7) is 2.77. The molecule has 0 atom stereocenters. The minimum absolute atomic E-state index is 0.0865. The van der Waals surface area contributed by atoms with Crippen LogP contribution in [-0.4, -0.2) is 18.0 Å². The molecule has 1 saturated carbocycles. The van der Waals surface area contributed by atoms with Crippen molar-refractivity contribution in [3.05, 3.63) is 0 Å². The van der Waals surface area contributed by atoms with Gasteiger partial charge in [0.1, 0.15) is 0 Å². The molecule has 0 aromatic rings. The van der Waals surface area contributed by atoms with Gasteiger partial charge in [0.2, 0.25) is 5.24 Å². The van der Waals surface area contributed by atoms with E-state index < -0.39 is 0 Å². The molecule has 70 valence electrons. The Morgan fingerprint density at radius 2 is 2.00 bits per heavy atom. The van der Waals surface area contributed by atoms with Crippen molar-refractivity contribution in [2.45, 2.75) is 38.7 Å². The fourth-order valence-corrected chi connectivity index (χ4v) is 1.91. The van der Waals surface area contributed by atoms with E-state index in [1.54, 1.807) is 0 Å². The lowest BCUT2D eigenvalue weighted by atomic mass is 9.88. The van der Waals surface area contributed by atoms with E-state index in [1.165, 1.54) is 0 Å². The molecule has 12 heavy (non-hydrogen) atoms. The molecule has 0 aromatic carbocycles. The molecule has 3 heteroatoms. The van der Waals surface area contributed by atoms with E-state index in [1.807, 2.05) is 6.92 Å². The van der Waals surface area contributed by atoms with E-state index in [0.29, 0.717) is 6.10 Å². The minimum Gasteiger partial charge on any atom is -0.379 e. The predicted octanol–water partition coefficient (Wildman–Crippen LogP) is 2.35. The molecule has 1 fully saturated rings. The van der Waals surface area contributed by atoms with E-state index in [4.69, 9.17) is 16.3 Å². The van der Waals surface area contributed by atoms with Gasteiger partial charge >= 0.3 is 0 Å². The van der Waals surface area contributed by atoms with E-state index in [-0.39, 0.29) is 11.2 Å². The highest BCUT2D eigenvalue weighted by atomic mass is 35.5. The van der Waals surface area contributed by atoms with Crippen molar-refractivity contribution in [2.24, 2.45) is 5.92 Å². The molecular formula is C9H15ClO2. The van der Waals surface area contributed by atoms with Gasteiger partial charge in [-0.2, -0.15) is 0 Å². The second-order valence-corrected chi connectivity index (χ2v) is 3.61. The zero-order valence-electron chi connectivity index (χ0n) is 7.38. The van der Waals surface area contributed by atoms with Crippen LogP contribution in [0.3, 0.4) is 0 Å². The molecule has 1 aliphatic carbocycles. The summed E-state index contributed by atoms with van der Waals surface area (Å²) in [4.78, 5) is 10.8. The van der Waals surface area contributed by atoms with E-state index in [0.717, 1.165) is 32.3 Å². The summed E-state index contributed by atoms with van der Waals surface area (Å²) < 4.78 is 5.46. The third kappa shape index (κ3) is 2.76. The zero-order chi connectivity index (χ0) is 8.97. The summed E-state index contributed by atoms with van der Waals surface area (Å²) in [5.74, 6) is 0.0865. The maximum atomic E-state index is 10.8. The van der Waals surface area contributed by atoms with Crippen LogP contribution in [0.25, 0.3) is 0 Å². The first-order valence-corrected chi connectivity index (χ1v) is 4.92. The number of halogens is 1. The molecule has 0 saturated heterocycles. The maximum Gasteiger partial charge on any atom is 0.224 e. The van der Waals surface area contributed by atoms with Crippen LogP contribution >= 0.6 is 11.6 Å². The van der Waals surface area contributed by atoms with Gasteiger partial charge in [-0.25, -0.2) is 0 Å². The molecule has 0 aliphatic heterocycles. The number of hydrogen-bond donors (Lipinski definition) is 0. The molecule has 0 amide bonds. The van der Waals surface area contributed by atoms with Gasteiger partial charge in [-0.15, -0.1) is 0 Å². The molecule has 0 bridgehead atoms. The highest BCUT2D eigenvalue weighted by molar-refractivity contribution is 6.63. The lowest BCUT2D eigenvalue weighted by molar-refractivity contribution is -0.116. The Morgan fingerprint density at radius 3 is 2.42 bits per heavy atom. The first kappa shape index (κ1) is 10.0. The third-order valence-corrected chi connectivity index (χ3v) is 2.71. The van der Waals surface area contributed by atoms with Gasteiger partial charge in [0, 0.05) is 12.5 Å². The smallest absolute Gasteiger partial charge is 0.224 e. The van der Waals surface area contributed by atoms with Crippen molar-refractivity contribution in [1.82, 2.24) is 0 Å². The number of hydrogen-bond acceptors (Lipinski definition) is 2. The summed E-state index contributed by atoms with van der Waals surface area (Å²) >= 11 is 5.40. The SMILES string of the molecule is CCOC1CCC(C(=O)Cl)CC1. The lowest BCUT2D eigenvalue weighted by Gasteiger charge is -2.25. The van der Waals surface area contributed by atoms with E-state index in [9.17, 15) is 4.79 Å². The van der Waals surface area contributed by atoms with Gasteiger partial charge < -0.3 is 4.74 Å². The Kier molecular flexibility index (Phi) is 4.02. The zero-order valence-corrected chi connectivity index (χ0v) is 8.14. The normalized spacial score (nSPS) is 30.2. The highest BCUT2D eigenvalue weighted by Crippen LogP contribution is 2.27. The molecule has 0 unspecified atom stereocenters. The van der Waals surface area contributed by atoms with E-state index >= 15 is 0 Å². The van der Waals surface area contributed by atoms with Crippen molar-refractivity contribution in [3.8, 4) is 0 Å². The number of rotatable bonds is 3. The van der Waals surface area contributed by atoms with Gasteiger partial charge in [-0.1, -0.05) is 0 Å². The standard InChI is InChI=1S/C9H15ClO2/c1-2-12-8-5-3-7(4-6-8)9(10)11/h7-8H,2-6H2,1H3. The summed E-state index contributed by atoms with van der Waals surface area (Å²) in [7, 11) is 0. The second kappa shape index (κ2) is 4.83. The molecule has 1 aliphatic rings. The Hall–Kier alpha value is -0.0800. The molecule has 0 radical (unpaired) electrons. The number of ether oxygens (including phenoxy) is 1. The average Bonchev–Trinajstić information content (AvgIpc) is 2.06. The maximum absolute atomic E-state index is 10.8. The van der Waals surface area contributed by atoms with Crippen LogP contribution in [0.1, 0.15) is 32.6 Å². The molecule has 2 nitrogen and oxygen atoms in total. The Labute approximate surface area is 78.2 Å². The number of carbonyl (C=O) groups is 1. The van der Waals surface area contributed by atoms with Gasteiger partial charge in [0.05, 0.1) is 6.10 Å². The van der Waals surface area contributed by atoms with Crippen molar-refractivity contribution < 1.29 is 9.53 Å². The Morgan fingerprint density at radius 1 is 1.42 bits per heavy atom. The van der Waals surface area contributed by atoms with Crippen LogP contribution in [-0.2, 0) is 9.53 Å². The first-order valence-electron chi connectivity index (χ1n) is 4.55. The van der Waals surface area contributed by atoms with Crippen molar-refractivity contribution in [3.63, 3.8) is 0 Å². The molecular weight excluding hydrogens is 176 g/mol. The largest absolute Gasteiger partial charge is 0.379 e. The monoisotopic (exact) mass is 190 g/mol. The van der Waals surface area contributed by atoms with Gasteiger partial charge in [0.15, 0.2) is 0 Å². The Bertz CT molecular complexity index is 151. The van der Waals surface area contributed by atoms with Crippen LogP contribution in [0, 0.1) is 5.92 Å². The number of carbonyl (C=O) groups excluding carboxylic acids is 1. The van der Waals surface area contributed by atoms with Crippen molar-refractivity contribution in [1.29, 1.82) is 0 Å². The molecule has 0 spiro atoms. The summed E-state index contributed by atoms with van der Waals surface area (Å²) in [5.41, 5.74) is 0. The Balaban J connectivity index is 2.25. The first-order chi connectivity index (χ1) is 5.74. The fourth-order valence-electron chi connectivity index (χ4n) is 1.69. The van der Waals surface area contributed by atoms with Crippen LogP contribution in [0.2, 0.25) is 0 Å². The quantitative estimate of drug-likeness (QED) is 0.639. The average molecular weight is 191 g/mol. The van der Waals surface area contributed by atoms with E-state index in [2.05, 4.69) is 0 Å². The molecule has 0 heterocycles. The summed E-state index contributed by atoms with van der Waals surface area (Å²) in [5, 5.41) is -0.176. The topological polar surface area (TPSA) is 26.3 Å². The summed E-state index contributed by atoms with van der Waals surface area (Å²) in [6.07, 6.45) is 4.12. The van der Waals surface area contributed by atoms with Gasteiger partial charge in [-0.05, 0) is 44.2 Å². The molecule has 1 rings (SSSR count). The second-order valence-electron chi connectivity index (χ2n) is 3.23. The lowest BCUT2D eigenvalue weighted by Crippen LogP contribution is -2.24. The summed E-state index contributed by atoms with van der Waals surface area (Å²) in [6, 6.07) is 0.